The first-order valence-corrected chi connectivity index (χ1v) is 4.42. The van der Waals surface area contributed by atoms with Crippen LogP contribution in [0.4, 0.5) is 0 Å². The molecular formula is C9H6Cl2O3. The van der Waals surface area contributed by atoms with Crippen LogP contribution in [0.1, 0.15) is 10.4 Å². The van der Waals surface area contributed by atoms with Crippen molar-refractivity contribution in [3.63, 3.8) is 0 Å². The van der Waals surface area contributed by atoms with Crippen LogP contribution in [0.3, 0.4) is 0 Å². The van der Waals surface area contributed by atoms with Gasteiger partial charge < -0.3 is 9.84 Å². The molecule has 0 atom stereocenters. The van der Waals surface area contributed by atoms with Gasteiger partial charge >= 0.3 is 5.97 Å². The van der Waals surface area contributed by atoms with E-state index in [0.717, 1.165) is 5.54 Å². The van der Waals surface area contributed by atoms with Crippen molar-refractivity contribution < 1.29 is 14.6 Å². The molecule has 1 aromatic carbocycles. The molecule has 0 spiro atoms. The van der Waals surface area contributed by atoms with Gasteiger partial charge in [0.05, 0.1) is 11.1 Å². The van der Waals surface area contributed by atoms with Crippen molar-refractivity contribution in [1.29, 1.82) is 0 Å². The van der Waals surface area contributed by atoms with E-state index in [-0.39, 0.29) is 10.8 Å². The Balaban J connectivity index is 2.89. The second-order valence-corrected chi connectivity index (χ2v) is 2.94. The lowest BCUT2D eigenvalue weighted by molar-refractivity contribution is 0.0696. The molecule has 0 heterocycles. The minimum absolute atomic E-state index is 0.0193. The van der Waals surface area contributed by atoms with E-state index in [0.29, 0.717) is 5.75 Å². The molecule has 0 aliphatic heterocycles. The summed E-state index contributed by atoms with van der Waals surface area (Å²) in [5.74, 6) is -0.701. The van der Waals surface area contributed by atoms with Crippen LogP contribution in [0.2, 0.25) is 0 Å². The predicted molar refractivity (Wildman–Crippen MR) is 53.8 cm³/mol. The van der Waals surface area contributed by atoms with Gasteiger partial charge in [-0.1, -0.05) is 17.7 Å². The molecule has 14 heavy (non-hydrogen) atoms. The van der Waals surface area contributed by atoms with Gasteiger partial charge in [-0.05, 0) is 29.8 Å². The van der Waals surface area contributed by atoms with Gasteiger partial charge in [0.15, 0.2) is 0 Å². The topological polar surface area (TPSA) is 46.5 Å². The molecule has 0 aliphatic carbocycles. The fourth-order valence-corrected chi connectivity index (χ4v) is 0.961. The minimum Gasteiger partial charge on any atom is -0.478 e. The third-order valence-corrected chi connectivity index (χ3v) is 1.88. The number of hydrogen-bond donors (Lipinski definition) is 1. The number of hydrogen-bond acceptors (Lipinski definition) is 2. The van der Waals surface area contributed by atoms with Gasteiger partial charge in [0.25, 0.3) is 0 Å². The molecule has 3 nitrogen and oxygen atoms in total. The van der Waals surface area contributed by atoms with Gasteiger partial charge in [0.2, 0.25) is 5.22 Å². The molecule has 1 aromatic rings. The summed E-state index contributed by atoms with van der Waals surface area (Å²) >= 11 is 10.8. The highest BCUT2D eigenvalue weighted by atomic mass is 35.5. The first-order chi connectivity index (χ1) is 6.63. The number of carboxylic acid groups (broad SMARTS) is 1. The van der Waals surface area contributed by atoms with Crippen LogP contribution in [0.25, 0.3) is 0 Å². The Morgan fingerprint density at radius 2 is 2.21 bits per heavy atom. The van der Waals surface area contributed by atoms with Crippen molar-refractivity contribution in [1.82, 2.24) is 0 Å². The highest BCUT2D eigenvalue weighted by Crippen LogP contribution is 2.18. The molecule has 0 aromatic heterocycles. The molecule has 0 radical (unpaired) electrons. The van der Waals surface area contributed by atoms with Gasteiger partial charge in [-0.3, -0.25) is 0 Å². The summed E-state index contributed by atoms with van der Waals surface area (Å²) in [5.41, 5.74) is 1.18. The van der Waals surface area contributed by atoms with Crippen LogP contribution >= 0.6 is 23.2 Å². The Hall–Kier alpha value is -1.19. The maximum atomic E-state index is 10.6. The van der Waals surface area contributed by atoms with E-state index >= 15 is 0 Å². The lowest BCUT2D eigenvalue weighted by atomic mass is 10.2. The number of carbonyl (C=O) groups is 1. The maximum Gasteiger partial charge on any atom is 0.335 e. The predicted octanol–water partition coefficient (Wildman–Crippen LogP) is 3.04. The van der Waals surface area contributed by atoms with Crippen LogP contribution in [0.5, 0.6) is 5.75 Å². The van der Waals surface area contributed by atoms with Gasteiger partial charge in [-0.2, -0.15) is 0 Å². The molecule has 0 unspecified atom stereocenters. The second-order valence-electron chi connectivity index (χ2n) is 2.35. The van der Waals surface area contributed by atoms with Gasteiger partial charge in [-0.15, -0.1) is 0 Å². The first kappa shape index (κ1) is 10.9. The summed E-state index contributed by atoms with van der Waals surface area (Å²) in [6, 6.07) is 5.94. The fraction of sp³-hybridized carbons (Fsp3) is 0. The highest BCUT2D eigenvalue weighted by molar-refractivity contribution is 6.35. The zero-order valence-corrected chi connectivity index (χ0v) is 8.42. The SMILES string of the molecule is O=C(O)c1cccc(OC(Cl)=CCl)c1. The quantitative estimate of drug-likeness (QED) is 0.816. The third-order valence-electron chi connectivity index (χ3n) is 1.38. The van der Waals surface area contributed by atoms with Crippen molar-refractivity contribution in [3.8, 4) is 5.75 Å². The van der Waals surface area contributed by atoms with Crippen molar-refractivity contribution in [3.05, 3.63) is 40.6 Å². The number of aromatic carboxylic acids is 1. The van der Waals surface area contributed by atoms with Crippen LogP contribution in [-0.2, 0) is 0 Å². The van der Waals surface area contributed by atoms with Crippen LogP contribution in [-0.4, -0.2) is 11.1 Å². The Morgan fingerprint density at radius 1 is 1.50 bits per heavy atom. The third kappa shape index (κ3) is 2.94. The van der Waals surface area contributed by atoms with E-state index in [9.17, 15) is 4.79 Å². The summed E-state index contributed by atoms with van der Waals surface area (Å²) in [6.45, 7) is 0. The van der Waals surface area contributed by atoms with Crippen molar-refractivity contribution in [2.45, 2.75) is 0 Å². The Kier molecular flexibility index (Phi) is 3.80. The fourth-order valence-electron chi connectivity index (χ4n) is 0.827. The second kappa shape index (κ2) is 4.88. The van der Waals surface area contributed by atoms with Crippen molar-refractivity contribution in [2.24, 2.45) is 0 Å². The van der Waals surface area contributed by atoms with Gasteiger partial charge in [-0.25, -0.2) is 4.79 Å². The van der Waals surface area contributed by atoms with Crippen LogP contribution < -0.4 is 4.74 Å². The molecule has 0 aliphatic rings. The summed E-state index contributed by atoms with van der Waals surface area (Å²) in [4.78, 5) is 10.6. The molecule has 0 bridgehead atoms. The molecule has 74 valence electrons. The van der Waals surface area contributed by atoms with Crippen LogP contribution in [0, 0.1) is 0 Å². The number of ether oxygens (including phenoxy) is 1. The minimum atomic E-state index is -1.03. The van der Waals surface area contributed by atoms with E-state index < -0.39 is 5.97 Å². The lowest BCUT2D eigenvalue weighted by Gasteiger charge is -2.03. The molecule has 0 saturated heterocycles. The first-order valence-electron chi connectivity index (χ1n) is 3.60. The van der Waals surface area contributed by atoms with E-state index in [1.807, 2.05) is 0 Å². The summed E-state index contributed by atoms with van der Waals surface area (Å²) in [6.07, 6.45) is 0. The molecular weight excluding hydrogens is 227 g/mol. The Morgan fingerprint density at radius 3 is 2.79 bits per heavy atom. The monoisotopic (exact) mass is 232 g/mol. The highest BCUT2D eigenvalue weighted by Gasteiger charge is 2.04. The molecule has 1 N–H and O–H groups in total. The summed E-state index contributed by atoms with van der Waals surface area (Å²) < 4.78 is 4.99. The maximum absolute atomic E-state index is 10.6. The van der Waals surface area contributed by atoms with Gasteiger partial charge in [0, 0.05) is 0 Å². The molecule has 0 fully saturated rings. The normalized spacial score (nSPS) is 11.1. The zero-order chi connectivity index (χ0) is 10.6. The van der Waals surface area contributed by atoms with Gasteiger partial charge in [0.1, 0.15) is 5.75 Å². The largest absolute Gasteiger partial charge is 0.478 e. The molecule has 1 rings (SSSR count). The van der Waals surface area contributed by atoms with E-state index in [2.05, 4.69) is 0 Å². The zero-order valence-electron chi connectivity index (χ0n) is 6.91. The Labute approximate surface area is 90.5 Å². The average Bonchev–Trinajstić information content (AvgIpc) is 2.18. The standard InChI is InChI=1S/C9H6Cl2O3/c10-5-8(11)14-7-3-1-2-6(4-7)9(12)13/h1-5H,(H,12,13). The van der Waals surface area contributed by atoms with E-state index in [1.54, 1.807) is 12.1 Å². The van der Waals surface area contributed by atoms with Crippen LogP contribution in [0.15, 0.2) is 35.0 Å². The van der Waals surface area contributed by atoms with Crippen molar-refractivity contribution >= 4 is 29.2 Å². The van der Waals surface area contributed by atoms with Crippen molar-refractivity contribution in [2.75, 3.05) is 0 Å². The molecule has 0 saturated carbocycles. The lowest BCUT2D eigenvalue weighted by Crippen LogP contribution is -1.96. The number of benzene rings is 1. The van der Waals surface area contributed by atoms with E-state index in [1.165, 1.54) is 12.1 Å². The molecule has 5 heteroatoms. The average molecular weight is 233 g/mol. The summed E-state index contributed by atoms with van der Waals surface area (Å²) in [5, 5.41) is 8.65. The number of rotatable bonds is 3. The Bertz CT molecular complexity index is 374. The smallest absolute Gasteiger partial charge is 0.335 e. The number of carboxylic acids is 1. The van der Waals surface area contributed by atoms with E-state index in [4.69, 9.17) is 33.0 Å². The molecule has 0 amide bonds. The number of halogens is 2. The summed E-state index contributed by atoms with van der Waals surface area (Å²) in [7, 11) is 0.